The van der Waals surface area contributed by atoms with E-state index in [4.69, 9.17) is 5.73 Å². The number of rotatable bonds is 5. The number of hydrogen-bond donors (Lipinski definition) is 2. The molecule has 2 aromatic rings. The third-order valence-electron chi connectivity index (χ3n) is 3.06. The number of nitrogen functional groups attached to an aromatic ring is 1. The van der Waals surface area contributed by atoms with Crippen LogP contribution in [0, 0.1) is 20.2 Å². The smallest absolute Gasteiger partial charge is 0.301 e. The minimum Gasteiger partial charge on any atom is -0.399 e. The number of nitrogens with one attached hydrogen (secondary N) is 1. The van der Waals surface area contributed by atoms with Gasteiger partial charge in [0.25, 0.3) is 5.69 Å². The van der Waals surface area contributed by atoms with Crippen LogP contribution in [0.5, 0.6) is 0 Å². The molecule has 9 nitrogen and oxygen atoms in total. The maximum absolute atomic E-state index is 11.0. The highest BCUT2D eigenvalue weighted by molar-refractivity contribution is 5.99. The summed E-state index contributed by atoms with van der Waals surface area (Å²) in [5.41, 5.74) is 9.43. The number of nitrogens with zero attached hydrogens (tertiary/aromatic N) is 3. The zero-order chi connectivity index (χ0) is 17.0. The summed E-state index contributed by atoms with van der Waals surface area (Å²) in [6, 6.07) is 10.3. The van der Waals surface area contributed by atoms with E-state index in [-0.39, 0.29) is 11.4 Å². The Labute approximate surface area is 130 Å². The van der Waals surface area contributed by atoms with Crippen LogP contribution in [0.1, 0.15) is 12.5 Å². The summed E-state index contributed by atoms with van der Waals surface area (Å²) in [6.45, 7) is 1.72. The fourth-order valence-corrected chi connectivity index (χ4v) is 1.81. The van der Waals surface area contributed by atoms with E-state index in [1.54, 1.807) is 31.2 Å². The van der Waals surface area contributed by atoms with Gasteiger partial charge in [0.1, 0.15) is 5.69 Å². The predicted molar refractivity (Wildman–Crippen MR) is 86.4 cm³/mol. The summed E-state index contributed by atoms with van der Waals surface area (Å²) in [4.78, 5) is 20.3. The van der Waals surface area contributed by atoms with Gasteiger partial charge in [0.05, 0.1) is 21.6 Å². The van der Waals surface area contributed by atoms with E-state index in [1.165, 1.54) is 12.1 Å². The molecule has 0 amide bonds. The van der Waals surface area contributed by atoms with Crippen LogP contribution in [-0.4, -0.2) is 15.6 Å². The highest BCUT2D eigenvalue weighted by atomic mass is 16.6. The zero-order valence-electron chi connectivity index (χ0n) is 12.1. The van der Waals surface area contributed by atoms with Gasteiger partial charge in [-0.05, 0) is 30.7 Å². The molecule has 0 saturated heterocycles. The molecule has 0 fully saturated rings. The van der Waals surface area contributed by atoms with Crippen LogP contribution in [0.25, 0.3) is 0 Å². The van der Waals surface area contributed by atoms with Crippen molar-refractivity contribution in [2.75, 3.05) is 11.2 Å². The molecule has 2 rings (SSSR count). The van der Waals surface area contributed by atoms with E-state index in [1.807, 2.05) is 0 Å². The van der Waals surface area contributed by atoms with Crippen molar-refractivity contribution in [3.05, 3.63) is 68.3 Å². The number of nitro groups is 2. The van der Waals surface area contributed by atoms with Crippen molar-refractivity contribution in [1.29, 1.82) is 0 Å². The Morgan fingerprint density at radius 3 is 2.30 bits per heavy atom. The first-order valence-corrected chi connectivity index (χ1v) is 6.47. The Bertz CT molecular complexity index is 786. The molecule has 3 N–H and O–H groups in total. The molecule has 118 valence electrons. The number of non-ortho nitro benzene ring substituents is 1. The van der Waals surface area contributed by atoms with Crippen molar-refractivity contribution in [2.24, 2.45) is 5.10 Å². The van der Waals surface area contributed by atoms with Crippen LogP contribution in [-0.2, 0) is 0 Å². The molecular formula is C14H13N5O4. The number of nitrogens with two attached hydrogens (primary N) is 1. The highest BCUT2D eigenvalue weighted by Crippen LogP contribution is 2.29. The number of nitro benzene ring substituents is 2. The van der Waals surface area contributed by atoms with E-state index in [2.05, 4.69) is 10.5 Å². The summed E-state index contributed by atoms with van der Waals surface area (Å²) >= 11 is 0. The van der Waals surface area contributed by atoms with E-state index in [9.17, 15) is 20.2 Å². The SMILES string of the molecule is C/C(=N\Nc1ccc([N+](=O)[O-])cc1[N+](=O)[O-])c1ccc(N)cc1. The van der Waals surface area contributed by atoms with Crippen LogP contribution in [0.15, 0.2) is 47.6 Å². The Balaban J connectivity index is 2.28. The second-order valence-corrected chi connectivity index (χ2v) is 4.65. The third kappa shape index (κ3) is 3.79. The van der Waals surface area contributed by atoms with Gasteiger partial charge in [-0.25, -0.2) is 0 Å². The molecule has 0 spiro atoms. The molecule has 0 aliphatic carbocycles. The van der Waals surface area contributed by atoms with E-state index >= 15 is 0 Å². The lowest BCUT2D eigenvalue weighted by Crippen LogP contribution is -2.02. The first kappa shape index (κ1) is 15.9. The van der Waals surface area contributed by atoms with Crippen LogP contribution < -0.4 is 11.2 Å². The highest BCUT2D eigenvalue weighted by Gasteiger charge is 2.19. The molecular weight excluding hydrogens is 302 g/mol. The van der Waals surface area contributed by atoms with Gasteiger partial charge < -0.3 is 5.73 Å². The van der Waals surface area contributed by atoms with Crippen LogP contribution >= 0.6 is 0 Å². The lowest BCUT2D eigenvalue weighted by molar-refractivity contribution is -0.393. The number of benzene rings is 2. The van der Waals surface area contributed by atoms with Gasteiger partial charge in [-0.15, -0.1) is 0 Å². The van der Waals surface area contributed by atoms with Gasteiger partial charge in [0, 0.05) is 11.8 Å². The number of hydrogen-bond acceptors (Lipinski definition) is 7. The molecule has 0 aliphatic heterocycles. The molecule has 0 aliphatic rings. The van der Waals surface area contributed by atoms with Crippen molar-refractivity contribution in [1.82, 2.24) is 0 Å². The molecule has 0 bridgehead atoms. The maximum Gasteiger partial charge on any atom is 0.301 e. The number of hydrazone groups is 1. The average molecular weight is 315 g/mol. The summed E-state index contributed by atoms with van der Waals surface area (Å²) in [6.07, 6.45) is 0. The Morgan fingerprint density at radius 1 is 1.09 bits per heavy atom. The molecule has 0 atom stereocenters. The van der Waals surface area contributed by atoms with Crippen molar-refractivity contribution in [3.8, 4) is 0 Å². The minimum atomic E-state index is -0.705. The molecule has 9 heteroatoms. The third-order valence-corrected chi connectivity index (χ3v) is 3.06. The van der Waals surface area contributed by atoms with Crippen molar-refractivity contribution in [3.63, 3.8) is 0 Å². The van der Waals surface area contributed by atoms with Gasteiger partial charge >= 0.3 is 5.69 Å². The first-order chi connectivity index (χ1) is 10.9. The Morgan fingerprint density at radius 2 is 1.74 bits per heavy atom. The van der Waals surface area contributed by atoms with Crippen LogP contribution in [0.4, 0.5) is 22.7 Å². The normalized spacial score (nSPS) is 11.1. The van der Waals surface area contributed by atoms with E-state index in [0.717, 1.165) is 11.6 Å². The van der Waals surface area contributed by atoms with Crippen molar-refractivity contribution in [2.45, 2.75) is 6.92 Å². The summed E-state index contributed by atoms with van der Waals surface area (Å²) in [7, 11) is 0. The van der Waals surface area contributed by atoms with Gasteiger partial charge in [0.15, 0.2) is 0 Å². The molecule has 2 aromatic carbocycles. The van der Waals surface area contributed by atoms with Gasteiger partial charge in [-0.1, -0.05) is 12.1 Å². The standard InChI is InChI=1S/C14H13N5O4/c1-9(10-2-4-11(15)5-3-10)16-17-13-7-6-12(18(20)21)8-14(13)19(22)23/h2-8,17H,15H2,1H3/b16-9+. The second-order valence-electron chi connectivity index (χ2n) is 4.65. The van der Waals surface area contributed by atoms with E-state index < -0.39 is 15.5 Å². The quantitative estimate of drug-likeness (QED) is 0.376. The van der Waals surface area contributed by atoms with Gasteiger partial charge in [-0.2, -0.15) is 5.10 Å². The summed E-state index contributed by atoms with van der Waals surface area (Å²) in [5, 5.41) is 25.8. The zero-order valence-corrected chi connectivity index (χ0v) is 12.1. The monoisotopic (exact) mass is 315 g/mol. The van der Waals surface area contributed by atoms with Crippen molar-refractivity contribution < 1.29 is 9.85 Å². The Hall–Kier alpha value is -3.49. The molecule has 0 aromatic heterocycles. The Kier molecular flexibility index (Phi) is 4.50. The molecule has 23 heavy (non-hydrogen) atoms. The second kappa shape index (κ2) is 6.52. The number of anilines is 2. The summed E-state index contributed by atoms with van der Waals surface area (Å²) in [5.74, 6) is 0. The fraction of sp³-hybridized carbons (Fsp3) is 0.0714. The van der Waals surface area contributed by atoms with Crippen LogP contribution in [0.2, 0.25) is 0 Å². The van der Waals surface area contributed by atoms with Crippen molar-refractivity contribution >= 4 is 28.5 Å². The largest absolute Gasteiger partial charge is 0.399 e. The van der Waals surface area contributed by atoms with Crippen LogP contribution in [0.3, 0.4) is 0 Å². The maximum atomic E-state index is 11.0. The fourth-order valence-electron chi connectivity index (χ4n) is 1.81. The van der Waals surface area contributed by atoms with Gasteiger partial charge in [0.2, 0.25) is 0 Å². The molecule has 0 saturated carbocycles. The lowest BCUT2D eigenvalue weighted by Gasteiger charge is -2.05. The molecule has 0 heterocycles. The molecule has 0 radical (unpaired) electrons. The molecule has 0 unspecified atom stereocenters. The minimum absolute atomic E-state index is 0.0652. The van der Waals surface area contributed by atoms with Gasteiger partial charge in [-0.3, -0.25) is 25.7 Å². The average Bonchev–Trinajstić information content (AvgIpc) is 2.52. The lowest BCUT2D eigenvalue weighted by atomic mass is 10.1. The topological polar surface area (TPSA) is 137 Å². The predicted octanol–water partition coefficient (Wildman–Crippen LogP) is 2.92. The summed E-state index contributed by atoms with van der Waals surface area (Å²) < 4.78 is 0. The van der Waals surface area contributed by atoms with E-state index in [0.29, 0.717) is 11.4 Å². The first-order valence-electron chi connectivity index (χ1n) is 6.47.